The molecule has 5 heteroatoms. The number of aliphatic carboxylic acids is 1. The van der Waals surface area contributed by atoms with E-state index >= 15 is 0 Å². The minimum atomic E-state index is -0.977. The molecule has 0 heterocycles. The van der Waals surface area contributed by atoms with Gasteiger partial charge in [-0.3, -0.25) is 0 Å². The molecule has 138 valence electrons. The quantitative estimate of drug-likeness (QED) is 0.773. The number of hydrogen-bond donors (Lipinski definition) is 2. The number of aromatic carboxylic acids is 1. The first-order valence-corrected chi connectivity index (χ1v) is 8.46. The Balaban J connectivity index is 2.49. The summed E-state index contributed by atoms with van der Waals surface area (Å²) in [6.07, 6.45) is 4.27. The Hall–Kier alpha value is -2.66. The second-order valence-electron chi connectivity index (χ2n) is 6.66. The molecule has 0 bridgehead atoms. The Morgan fingerprint density at radius 1 is 1.19 bits per heavy atom. The number of rotatable bonds is 7. The zero-order chi connectivity index (χ0) is 19.4. The fourth-order valence-corrected chi connectivity index (χ4v) is 3.02. The van der Waals surface area contributed by atoms with E-state index in [9.17, 15) is 14.7 Å². The summed E-state index contributed by atoms with van der Waals surface area (Å²) in [5.41, 5.74) is 3.85. The second-order valence-corrected chi connectivity index (χ2v) is 6.66. The summed E-state index contributed by atoms with van der Waals surface area (Å²) in [6.45, 7) is 8.05. The van der Waals surface area contributed by atoms with Crippen LogP contribution in [-0.2, 0) is 16.0 Å². The first-order valence-electron chi connectivity index (χ1n) is 8.46. The van der Waals surface area contributed by atoms with E-state index in [-0.39, 0.29) is 24.0 Å². The SMILES string of the molecule is C=C1CC(C(=O)O)=CC=C1c1ccc(C(=O)O)cc1C[C@@H](C)C(C)OC. The molecule has 0 amide bonds. The zero-order valence-electron chi connectivity index (χ0n) is 15.3. The highest BCUT2D eigenvalue weighted by Crippen LogP contribution is 2.34. The maximum Gasteiger partial charge on any atom is 0.335 e. The van der Waals surface area contributed by atoms with Gasteiger partial charge in [-0.25, -0.2) is 9.59 Å². The maximum absolute atomic E-state index is 11.4. The van der Waals surface area contributed by atoms with Crippen molar-refractivity contribution in [3.8, 4) is 0 Å². The predicted octanol–water partition coefficient (Wildman–Crippen LogP) is 3.95. The molecule has 0 radical (unpaired) electrons. The third-order valence-electron chi connectivity index (χ3n) is 4.87. The maximum atomic E-state index is 11.4. The van der Waals surface area contributed by atoms with Crippen LogP contribution in [0.1, 0.15) is 41.8 Å². The van der Waals surface area contributed by atoms with E-state index in [4.69, 9.17) is 9.84 Å². The minimum absolute atomic E-state index is 0.0263. The Morgan fingerprint density at radius 3 is 2.42 bits per heavy atom. The number of methoxy groups -OCH3 is 1. The molecule has 1 unspecified atom stereocenters. The number of hydrogen-bond acceptors (Lipinski definition) is 3. The molecule has 0 aliphatic heterocycles. The van der Waals surface area contributed by atoms with Crippen LogP contribution in [0, 0.1) is 5.92 Å². The van der Waals surface area contributed by atoms with E-state index in [1.807, 2.05) is 6.92 Å². The summed E-state index contributed by atoms with van der Waals surface area (Å²) >= 11 is 0. The molecule has 26 heavy (non-hydrogen) atoms. The molecule has 0 fully saturated rings. The molecule has 1 aliphatic carbocycles. The fourth-order valence-electron chi connectivity index (χ4n) is 3.02. The molecule has 1 aromatic carbocycles. The monoisotopic (exact) mass is 356 g/mol. The predicted molar refractivity (Wildman–Crippen MR) is 100 cm³/mol. The number of carboxylic acid groups (broad SMARTS) is 2. The van der Waals surface area contributed by atoms with Crippen molar-refractivity contribution in [1.82, 2.24) is 0 Å². The van der Waals surface area contributed by atoms with E-state index in [1.54, 1.807) is 37.5 Å². The molecule has 0 aromatic heterocycles. The van der Waals surface area contributed by atoms with Gasteiger partial charge in [0.2, 0.25) is 0 Å². The van der Waals surface area contributed by atoms with Gasteiger partial charge in [0, 0.05) is 19.1 Å². The van der Waals surface area contributed by atoms with E-state index in [0.29, 0.717) is 17.6 Å². The number of carbonyl (C=O) groups is 2. The van der Waals surface area contributed by atoms with Crippen LogP contribution in [-0.4, -0.2) is 35.4 Å². The van der Waals surface area contributed by atoms with Crippen molar-refractivity contribution >= 4 is 17.5 Å². The summed E-state index contributed by atoms with van der Waals surface area (Å²) in [5, 5.41) is 18.5. The smallest absolute Gasteiger partial charge is 0.335 e. The lowest BCUT2D eigenvalue weighted by atomic mass is 9.84. The summed E-state index contributed by atoms with van der Waals surface area (Å²) in [6, 6.07) is 5.02. The highest BCUT2D eigenvalue weighted by molar-refractivity contribution is 5.94. The van der Waals surface area contributed by atoms with Crippen LogP contribution in [0.25, 0.3) is 5.57 Å². The van der Waals surface area contributed by atoms with Gasteiger partial charge in [0.25, 0.3) is 0 Å². The third-order valence-corrected chi connectivity index (χ3v) is 4.87. The molecular weight excluding hydrogens is 332 g/mol. The highest BCUT2D eigenvalue weighted by Gasteiger charge is 2.21. The van der Waals surface area contributed by atoms with E-state index in [2.05, 4.69) is 13.5 Å². The second kappa shape index (κ2) is 8.15. The number of ether oxygens (including phenoxy) is 1. The van der Waals surface area contributed by atoms with Gasteiger partial charge in [0.05, 0.1) is 11.7 Å². The Kier molecular flexibility index (Phi) is 6.16. The van der Waals surface area contributed by atoms with Crippen LogP contribution in [0.5, 0.6) is 0 Å². The van der Waals surface area contributed by atoms with Gasteiger partial charge < -0.3 is 14.9 Å². The van der Waals surface area contributed by atoms with Crippen molar-refractivity contribution in [2.45, 2.75) is 32.8 Å². The molecule has 1 aromatic rings. The van der Waals surface area contributed by atoms with E-state index in [1.165, 1.54) is 0 Å². The first-order chi connectivity index (χ1) is 12.2. The van der Waals surface area contributed by atoms with Crippen molar-refractivity contribution in [3.05, 3.63) is 64.8 Å². The van der Waals surface area contributed by atoms with Crippen LogP contribution in [0.15, 0.2) is 48.1 Å². The Bertz CT molecular complexity index is 801. The van der Waals surface area contributed by atoms with Gasteiger partial charge in [-0.05, 0) is 53.7 Å². The van der Waals surface area contributed by atoms with Crippen LogP contribution in [0.4, 0.5) is 0 Å². The fraction of sp³-hybridized carbons (Fsp3) is 0.333. The number of benzene rings is 1. The average molecular weight is 356 g/mol. The molecule has 0 saturated heterocycles. The van der Waals surface area contributed by atoms with Gasteiger partial charge in [-0.15, -0.1) is 0 Å². The molecule has 1 aliphatic rings. The van der Waals surface area contributed by atoms with Crippen molar-refractivity contribution in [3.63, 3.8) is 0 Å². The van der Waals surface area contributed by atoms with Gasteiger partial charge in [0.1, 0.15) is 0 Å². The number of allylic oxidation sites excluding steroid dienone is 4. The molecule has 2 N–H and O–H groups in total. The van der Waals surface area contributed by atoms with Crippen molar-refractivity contribution in [2.24, 2.45) is 5.92 Å². The molecule has 0 spiro atoms. The number of carboxylic acids is 2. The molecule has 2 atom stereocenters. The lowest BCUT2D eigenvalue weighted by molar-refractivity contribution is -0.132. The van der Waals surface area contributed by atoms with Crippen molar-refractivity contribution in [1.29, 1.82) is 0 Å². The minimum Gasteiger partial charge on any atom is -0.478 e. The molecule has 0 saturated carbocycles. The van der Waals surface area contributed by atoms with Gasteiger partial charge >= 0.3 is 11.9 Å². The summed E-state index contributed by atoms with van der Waals surface area (Å²) < 4.78 is 5.39. The highest BCUT2D eigenvalue weighted by atomic mass is 16.5. The van der Waals surface area contributed by atoms with Gasteiger partial charge in [0.15, 0.2) is 0 Å². The van der Waals surface area contributed by atoms with Crippen LogP contribution >= 0.6 is 0 Å². The topological polar surface area (TPSA) is 83.8 Å². The van der Waals surface area contributed by atoms with Crippen molar-refractivity contribution < 1.29 is 24.5 Å². The lowest BCUT2D eigenvalue weighted by Gasteiger charge is -2.23. The average Bonchev–Trinajstić information content (AvgIpc) is 2.60. The normalized spacial score (nSPS) is 16.5. The Morgan fingerprint density at radius 2 is 1.88 bits per heavy atom. The molecular formula is C21H24O5. The first kappa shape index (κ1) is 19.7. The largest absolute Gasteiger partial charge is 0.478 e. The van der Waals surface area contributed by atoms with Gasteiger partial charge in [-0.2, -0.15) is 0 Å². The summed E-state index contributed by atoms with van der Waals surface area (Å²) in [7, 11) is 1.65. The summed E-state index contributed by atoms with van der Waals surface area (Å²) in [4.78, 5) is 22.5. The van der Waals surface area contributed by atoms with Crippen LogP contribution < -0.4 is 0 Å². The third kappa shape index (κ3) is 4.29. The van der Waals surface area contributed by atoms with Crippen LogP contribution in [0.2, 0.25) is 0 Å². The standard InChI is InChI=1S/C21H24O5/c1-12(14(3)26-4)9-17-11-16(21(24)25)6-8-19(17)18-7-5-15(20(22)23)10-13(18)2/h5-8,11-12,14H,2,9-10H2,1,3-4H3,(H,22,23)(H,24,25)/t12-,14?/m1/s1. The molecule has 5 nitrogen and oxygen atoms in total. The van der Waals surface area contributed by atoms with E-state index < -0.39 is 11.9 Å². The Labute approximate surface area is 153 Å². The van der Waals surface area contributed by atoms with Gasteiger partial charge in [-0.1, -0.05) is 31.7 Å². The summed E-state index contributed by atoms with van der Waals surface area (Å²) in [5.74, 6) is -1.74. The van der Waals surface area contributed by atoms with E-state index in [0.717, 1.165) is 16.7 Å². The zero-order valence-corrected chi connectivity index (χ0v) is 15.3. The lowest BCUT2D eigenvalue weighted by Crippen LogP contribution is -2.19. The molecule has 2 rings (SSSR count). The van der Waals surface area contributed by atoms with Crippen molar-refractivity contribution in [2.75, 3.05) is 7.11 Å². The van der Waals surface area contributed by atoms with Crippen LogP contribution in [0.3, 0.4) is 0 Å².